The Hall–Kier alpha value is -2.57. The van der Waals surface area contributed by atoms with Crippen LogP contribution in [0.3, 0.4) is 0 Å². The van der Waals surface area contributed by atoms with E-state index >= 15 is 0 Å². The molecule has 1 rings (SSSR count). The fraction of sp³-hybridized carbons (Fsp3) is 0.438. The molecule has 2 N–H and O–H groups in total. The van der Waals surface area contributed by atoms with Gasteiger partial charge < -0.3 is 20.1 Å². The van der Waals surface area contributed by atoms with Gasteiger partial charge in [0.05, 0.1) is 6.61 Å². The topological polar surface area (TPSA) is 93.7 Å². The fourth-order valence-electron chi connectivity index (χ4n) is 1.66. The van der Waals surface area contributed by atoms with E-state index in [9.17, 15) is 14.4 Å². The van der Waals surface area contributed by atoms with Gasteiger partial charge in [-0.15, -0.1) is 0 Å². The van der Waals surface area contributed by atoms with Crippen molar-refractivity contribution in [2.45, 2.75) is 32.9 Å². The predicted octanol–water partition coefficient (Wildman–Crippen LogP) is 1.37. The van der Waals surface area contributed by atoms with Gasteiger partial charge in [-0.25, -0.2) is 4.79 Å². The Morgan fingerprint density at radius 1 is 1.09 bits per heavy atom. The Morgan fingerprint density at radius 2 is 1.74 bits per heavy atom. The third kappa shape index (κ3) is 6.82. The SMILES string of the molecule is CCOC(=O)CNC(=O)C(C)(C)NC(=O)OCc1ccccc1. The van der Waals surface area contributed by atoms with E-state index in [1.807, 2.05) is 30.3 Å². The molecule has 0 aliphatic heterocycles. The molecule has 0 saturated carbocycles. The summed E-state index contributed by atoms with van der Waals surface area (Å²) in [5.74, 6) is -1.05. The van der Waals surface area contributed by atoms with E-state index in [1.165, 1.54) is 13.8 Å². The monoisotopic (exact) mass is 322 g/mol. The molecule has 0 unspecified atom stereocenters. The molecule has 0 aliphatic rings. The molecule has 7 nitrogen and oxygen atoms in total. The first-order valence-electron chi connectivity index (χ1n) is 7.28. The zero-order chi connectivity index (χ0) is 17.3. The van der Waals surface area contributed by atoms with E-state index in [4.69, 9.17) is 9.47 Å². The van der Waals surface area contributed by atoms with Crippen molar-refractivity contribution in [1.29, 1.82) is 0 Å². The molecule has 0 bridgehead atoms. The highest BCUT2D eigenvalue weighted by Crippen LogP contribution is 2.05. The minimum absolute atomic E-state index is 0.104. The highest BCUT2D eigenvalue weighted by Gasteiger charge is 2.30. The van der Waals surface area contributed by atoms with Crippen LogP contribution in [0.25, 0.3) is 0 Å². The molecular formula is C16H22N2O5. The predicted molar refractivity (Wildman–Crippen MR) is 83.5 cm³/mol. The Labute approximate surface area is 135 Å². The Morgan fingerprint density at radius 3 is 2.35 bits per heavy atom. The minimum atomic E-state index is -1.22. The van der Waals surface area contributed by atoms with Gasteiger partial charge in [0.25, 0.3) is 0 Å². The van der Waals surface area contributed by atoms with Crippen LogP contribution in [0.2, 0.25) is 0 Å². The molecule has 0 aliphatic carbocycles. The molecule has 7 heteroatoms. The van der Waals surface area contributed by atoms with Crippen LogP contribution in [-0.2, 0) is 25.7 Å². The summed E-state index contributed by atoms with van der Waals surface area (Å²) in [5.41, 5.74) is -0.382. The zero-order valence-corrected chi connectivity index (χ0v) is 13.5. The van der Waals surface area contributed by atoms with Crippen molar-refractivity contribution in [1.82, 2.24) is 10.6 Å². The molecular weight excluding hydrogens is 300 g/mol. The molecule has 0 fully saturated rings. The molecule has 0 aromatic heterocycles. The summed E-state index contributed by atoms with van der Waals surface area (Å²) in [6.45, 7) is 4.79. The smallest absolute Gasteiger partial charge is 0.408 e. The number of amides is 2. The number of alkyl carbamates (subject to hydrolysis) is 1. The van der Waals surface area contributed by atoms with Crippen LogP contribution in [0.1, 0.15) is 26.3 Å². The third-order valence-corrected chi connectivity index (χ3v) is 2.89. The molecule has 1 aromatic carbocycles. The quantitative estimate of drug-likeness (QED) is 0.740. The summed E-state index contributed by atoms with van der Waals surface area (Å²) in [5, 5.41) is 4.86. The lowest BCUT2D eigenvalue weighted by Gasteiger charge is -2.24. The lowest BCUT2D eigenvalue weighted by molar-refractivity contribution is -0.143. The second kappa shape index (κ2) is 8.77. The Bertz CT molecular complexity index is 543. The summed E-state index contributed by atoms with van der Waals surface area (Å²) in [4.78, 5) is 35.0. The molecule has 0 spiro atoms. The first-order chi connectivity index (χ1) is 10.8. The van der Waals surface area contributed by atoms with Crippen molar-refractivity contribution < 1.29 is 23.9 Å². The normalized spacial score (nSPS) is 10.6. The maximum absolute atomic E-state index is 12.0. The molecule has 0 atom stereocenters. The largest absolute Gasteiger partial charge is 0.465 e. The van der Waals surface area contributed by atoms with Gasteiger partial charge in [-0.2, -0.15) is 0 Å². The summed E-state index contributed by atoms with van der Waals surface area (Å²) >= 11 is 0. The van der Waals surface area contributed by atoms with Crippen LogP contribution in [0, 0.1) is 0 Å². The summed E-state index contributed by atoms with van der Waals surface area (Å²) in [6.07, 6.45) is -0.717. The van der Waals surface area contributed by atoms with Gasteiger partial charge >= 0.3 is 12.1 Å². The van der Waals surface area contributed by atoms with Crippen molar-refractivity contribution in [3.05, 3.63) is 35.9 Å². The van der Waals surface area contributed by atoms with E-state index in [0.29, 0.717) is 0 Å². The second-order valence-corrected chi connectivity index (χ2v) is 5.30. The molecule has 2 amide bonds. The third-order valence-electron chi connectivity index (χ3n) is 2.89. The van der Waals surface area contributed by atoms with E-state index in [-0.39, 0.29) is 19.8 Å². The van der Waals surface area contributed by atoms with E-state index in [2.05, 4.69) is 10.6 Å². The maximum atomic E-state index is 12.0. The number of carbonyl (C=O) groups excluding carboxylic acids is 3. The van der Waals surface area contributed by atoms with Crippen molar-refractivity contribution in [2.75, 3.05) is 13.2 Å². The Kier molecular flexibility index (Phi) is 7.05. The molecule has 0 saturated heterocycles. The number of hydrogen-bond donors (Lipinski definition) is 2. The fourth-order valence-corrected chi connectivity index (χ4v) is 1.66. The molecule has 0 heterocycles. The second-order valence-electron chi connectivity index (χ2n) is 5.30. The average molecular weight is 322 g/mol. The zero-order valence-electron chi connectivity index (χ0n) is 13.5. The van der Waals surface area contributed by atoms with E-state index < -0.39 is 23.5 Å². The first kappa shape index (κ1) is 18.5. The highest BCUT2D eigenvalue weighted by atomic mass is 16.5. The number of ether oxygens (including phenoxy) is 2. The number of nitrogens with one attached hydrogen (secondary N) is 2. The van der Waals surface area contributed by atoms with Crippen molar-refractivity contribution >= 4 is 18.0 Å². The van der Waals surface area contributed by atoms with Crippen LogP contribution >= 0.6 is 0 Å². The molecule has 1 aromatic rings. The van der Waals surface area contributed by atoms with Gasteiger partial charge in [-0.05, 0) is 26.3 Å². The number of benzene rings is 1. The lowest BCUT2D eigenvalue weighted by atomic mass is 10.1. The maximum Gasteiger partial charge on any atom is 0.408 e. The number of esters is 1. The van der Waals surface area contributed by atoms with Crippen LogP contribution in [0.15, 0.2) is 30.3 Å². The van der Waals surface area contributed by atoms with Gasteiger partial charge in [0.2, 0.25) is 5.91 Å². The van der Waals surface area contributed by atoms with Gasteiger partial charge in [0.1, 0.15) is 18.7 Å². The van der Waals surface area contributed by atoms with Gasteiger partial charge in [0, 0.05) is 0 Å². The number of rotatable bonds is 7. The summed E-state index contributed by atoms with van der Waals surface area (Å²) < 4.78 is 9.76. The number of carbonyl (C=O) groups is 3. The van der Waals surface area contributed by atoms with Gasteiger partial charge in [-0.3, -0.25) is 9.59 Å². The molecule has 23 heavy (non-hydrogen) atoms. The van der Waals surface area contributed by atoms with Crippen molar-refractivity contribution in [3.63, 3.8) is 0 Å². The first-order valence-corrected chi connectivity index (χ1v) is 7.28. The summed E-state index contributed by atoms with van der Waals surface area (Å²) in [6, 6.07) is 9.18. The van der Waals surface area contributed by atoms with Crippen LogP contribution < -0.4 is 10.6 Å². The minimum Gasteiger partial charge on any atom is -0.465 e. The van der Waals surface area contributed by atoms with Crippen molar-refractivity contribution in [3.8, 4) is 0 Å². The standard InChI is InChI=1S/C16H22N2O5/c1-4-22-13(19)10-17-14(20)16(2,3)18-15(21)23-11-12-8-6-5-7-9-12/h5-9H,4,10-11H2,1-3H3,(H,17,20)(H,18,21). The number of hydrogen-bond acceptors (Lipinski definition) is 5. The van der Waals surface area contributed by atoms with Crippen LogP contribution in [0.5, 0.6) is 0 Å². The molecule has 0 radical (unpaired) electrons. The average Bonchev–Trinajstić information content (AvgIpc) is 2.51. The van der Waals surface area contributed by atoms with E-state index in [1.54, 1.807) is 6.92 Å². The van der Waals surface area contributed by atoms with Crippen LogP contribution in [-0.4, -0.2) is 36.7 Å². The molecule has 126 valence electrons. The van der Waals surface area contributed by atoms with Gasteiger partial charge in [0.15, 0.2) is 0 Å². The van der Waals surface area contributed by atoms with E-state index in [0.717, 1.165) is 5.56 Å². The highest BCUT2D eigenvalue weighted by molar-refractivity contribution is 5.91. The van der Waals surface area contributed by atoms with Crippen molar-refractivity contribution in [2.24, 2.45) is 0 Å². The summed E-state index contributed by atoms with van der Waals surface area (Å²) in [7, 11) is 0. The van der Waals surface area contributed by atoms with Crippen LogP contribution in [0.4, 0.5) is 4.79 Å². The lowest BCUT2D eigenvalue weighted by Crippen LogP contribution is -2.55. The Balaban J connectivity index is 2.41. The van der Waals surface area contributed by atoms with Gasteiger partial charge in [-0.1, -0.05) is 30.3 Å².